The van der Waals surface area contributed by atoms with Crippen LogP contribution in [0.25, 0.3) is 0 Å². The number of carboxylic acids is 2. The van der Waals surface area contributed by atoms with Crippen LogP contribution in [0.5, 0.6) is 0 Å². The van der Waals surface area contributed by atoms with Gasteiger partial charge in [-0.3, -0.25) is 19.2 Å². The van der Waals surface area contributed by atoms with Gasteiger partial charge in [0.2, 0.25) is 17.7 Å². The van der Waals surface area contributed by atoms with E-state index in [9.17, 15) is 29.1 Å². The monoisotopic (exact) mass is 510 g/mol. The molecule has 4 atom stereocenters. The third kappa shape index (κ3) is 10.8. The number of nitrogens with one attached hydrogen (secondary N) is 3. The number of aliphatic carboxylic acids is 2. The molecule has 194 valence electrons. The van der Waals surface area contributed by atoms with Gasteiger partial charge in [-0.05, 0) is 36.3 Å². The number of carboxylic acid groups (broad SMARTS) is 2. The first-order valence-corrected chi connectivity index (χ1v) is 12.5. The molecule has 1 aromatic rings. The highest BCUT2D eigenvalue weighted by atomic mass is 32.2. The lowest BCUT2D eigenvalue weighted by molar-refractivity contribution is -0.147. The van der Waals surface area contributed by atoms with Gasteiger partial charge in [-0.25, -0.2) is 4.79 Å². The summed E-state index contributed by atoms with van der Waals surface area (Å²) in [4.78, 5) is 60.6. The fraction of sp³-hybridized carbons (Fsp3) is 0.522. The zero-order chi connectivity index (χ0) is 26.5. The van der Waals surface area contributed by atoms with Crippen LogP contribution < -0.4 is 21.7 Å². The van der Waals surface area contributed by atoms with Gasteiger partial charge in [0.15, 0.2) is 0 Å². The Morgan fingerprint density at radius 3 is 2.03 bits per heavy atom. The Kier molecular flexibility index (Phi) is 12.8. The van der Waals surface area contributed by atoms with E-state index in [4.69, 9.17) is 10.8 Å². The van der Waals surface area contributed by atoms with Crippen molar-refractivity contribution in [3.8, 4) is 0 Å². The minimum absolute atomic E-state index is 0.278. The van der Waals surface area contributed by atoms with E-state index in [1.54, 1.807) is 13.8 Å². The average molecular weight is 511 g/mol. The molecule has 4 unspecified atom stereocenters. The highest BCUT2D eigenvalue weighted by Gasteiger charge is 2.32. The molecule has 0 aliphatic carbocycles. The standard InChI is InChI=1S/C23H34N4O7S/c1-13(2)19(22(32)26-17(23(33)34)12-18(28)29)27-21(31)16(9-10-35-3)25-20(30)15(24)11-14-7-5-4-6-8-14/h4-8,13,15-17,19H,9-12,24H2,1-3H3,(H,25,30)(H,26,32)(H,27,31)(H,28,29)(H,33,34). The van der Waals surface area contributed by atoms with Gasteiger partial charge >= 0.3 is 11.9 Å². The lowest BCUT2D eigenvalue weighted by atomic mass is 10.0. The van der Waals surface area contributed by atoms with Crippen LogP contribution in [0.3, 0.4) is 0 Å². The van der Waals surface area contributed by atoms with Gasteiger partial charge in [-0.1, -0.05) is 44.2 Å². The maximum absolute atomic E-state index is 13.0. The molecule has 0 aliphatic heterocycles. The first-order valence-electron chi connectivity index (χ1n) is 11.1. The number of nitrogens with two attached hydrogens (primary N) is 1. The zero-order valence-electron chi connectivity index (χ0n) is 20.0. The van der Waals surface area contributed by atoms with Crippen molar-refractivity contribution in [1.29, 1.82) is 0 Å². The van der Waals surface area contributed by atoms with Crippen LogP contribution in [0.1, 0.15) is 32.3 Å². The summed E-state index contributed by atoms with van der Waals surface area (Å²) in [6.07, 6.45) is 1.59. The van der Waals surface area contributed by atoms with Gasteiger partial charge in [0.05, 0.1) is 12.5 Å². The number of benzene rings is 1. The van der Waals surface area contributed by atoms with Crippen molar-refractivity contribution < 1.29 is 34.2 Å². The molecule has 35 heavy (non-hydrogen) atoms. The summed E-state index contributed by atoms with van der Waals surface area (Å²) in [5.41, 5.74) is 6.90. The molecule has 0 spiro atoms. The van der Waals surface area contributed by atoms with Gasteiger partial charge < -0.3 is 31.9 Å². The molecule has 7 N–H and O–H groups in total. The van der Waals surface area contributed by atoms with Gasteiger partial charge in [-0.2, -0.15) is 11.8 Å². The summed E-state index contributed by atoms with van der Waals surface area (Å²) in [5.74, 6) is -4.79. The third-order valence-corrected chi connectivity index (χ3v) is 5.76. The summed E-state index contributed by atoms with van der Waals surface area (Å²) in [5, 5.41) is 25.4. The highest BCUT2D eigenvalue weighted by molar-refractivity contribution is 7.98. The SMILES string of the molecule is CSCCC(NC(=O)C(N)Cc1ccccc1)C(=O)NC(C(=O)NC(CC(=O)O)C(=O)O)C(C)C. The zero-order valence-corrected chi connectivity index (χ0v) is 20.8. The van der Waals surface area contributed by atoms with E-state index < -0.39 is 66.2 Å². The van der Waals surface area contributed by atoms with Crippen LogP contribution in [-0.2, 0) is 30.4 Å². The Labute approximate surface area is 208 Å². The van der Waals surface area contributed by atoms with Crippen LogP contribution in [0.2, 0.25) is 0 Å². The molecule has 0 bridgehead atoms. The van der Waals surface area contributed by atoms with Crippen molar-refractivity contribution in [1.82, 2.24) is 16.0 Å². The Bertz CT molecular complexity index is 882. The summed E-state index contributed by atoms with van der Waals surface area (Å²) in [7, 11) is 0. The minimum atomic E-state index is -1.65. The van der Waals surface area contributed by atoms with Gasteiger partial charge in [-0.15, -0.1) is 0 Å². The van der Waals surface area contributed by atoms with E-state index in [0.717, 1.165) is 5.56 Å². The topological polar surface area (TPSA) is 188 Å². The first kappa shape index (κ1) is 29.9. The maximum Gasteiger partial charge on any atom is 0.326 e. The van der Waals surface area contributed by atoms with Crippen molar-refractivity contribution in [2.45, 2.75) is 57.3 Å². The number of thioether (sulfide) groups is 1. The van der Waals surface area contributed by atoms with E-state index in [1.807, 2.05) is 36.6 Å². The summed E-state index contributed by atoms with van der Waals surface area (Å²) >= 11 is 1.47. The van der Waals surface area contributed by atoms with Crippen LogP contribution in [0.15, 0.2) is 30.3 Å². The lowest BCUT2D eigenvalue weighted by Gasteiger charge is -2.27. The number of rotatable bonds is 15. The number of carbonyl (C=O) groups excluding carboxylic acids is 3. The summed E-state index contributed by atoms with van der Waals surface area (Å²) in [6.45, 7) is 3.28. The average Bonchev–Trinajstić information content (AvgIpc) is 2.79. The summed E-state index contributed by atoms with van der Waals surface area (Å²) in [6, 6.07) is 4.52. The van der Waals surface area contributed by atoms with Crippen LogP contribution in [-0.4, -0.2) is 76.0 Å². The number of carbonyl (C=O) groups is 5. The molecule has 1 rings (SSSR count). The maximum atomic E-state index is 13.0. The Balaban J connectivity index is 2.91. The fourth-order valence-corrected chi connectivity index (χ4v) is 3.64. The molecule has 0 aromatic heterocycles. The van der Waals surface area contributed by atoms with Crippen molar-refractivity contribution in [3.05, 3.63) is 35.9 Å². The van der Waals surface area contributed by atoms with Gasteiger partial charge in [0.1, 0.15) is 18.1 Å². The Morgan fingerprint density at radius 1 is 0.914 bits per heavy atom. The van der Waals surface area contributed by atoms with Crippen LogP contribution in [0.4, 0.5) is 0 Å². The smallest absolute Gasteiger partial charge is 0.326 e. The van der Waals surface area contributed by atoms with Gasteiger partial charge in [0.25, 0.3) is 0 Å². The molecule has 0 saturated carbocycles. The second-order valence-corrected chi connectivity index (χ2v) is 9.35. The molecule has 12 heteroatoms. The number of amides is 3. The number of hydrogen-bond donors (Lipinski definition) is 6. The Hall–Kier alpha value is -3.12. The predicted octanol–water partition coefficient (Wildman–Crippen LogP) is -0.0208. The molecule has 0 fully saturated rings. The normalized spacial score (nSPS) is 14.3. The van der Waals surface area contributed by atoms with E-state index >= 15 is 0 Å². The molecule has 3 amide bonds. The molecule has 0 radical (unpaired) electrons. The quantitative estimate of drug-likeness (QED) is 0.188. The fourth-order valence-electron chi connectivity index (χ4n) is 3.17. The molecule has 0 saturated heterocycles. The van der Waals surface area contributed by atoms with Crippen LogP contribution in [0, 0.1) is 5.92 Å². The van der Waals surface area contributed by atoms with E-state index in [-0.39, 0.29) is 12.8 Å². The second-order valence-electron chi connectivity index (χ2n) is 8.37. The minimum Gasteiger partial charge on any atom is -0.481 e. The predicted molar refractivity (Wildman–Crippen MR) is 132 cm³/mol. The first-order chi connectivity index (χ1) is 16.5. The van der Waals surface area contributed by atoms with Gasteiger partial charge in [0, 0.05) is 0 Å². The third-order valence-electron chi connectivity index (χ3n) is 5.12. The molecule has 0 heterocycles. The molecule has 0 aliphatic rings. The molecular weight excluding hydrogens is 476 g/mol. The van der Waals surface area contributed by atoms with Crippen molar-refractivity contribution in [3.63, 3.8) is 0 Å². The van der Waals surface area contributed by atoms with Crippen molar-refractivity contribution in [2.75, 3.05) is 12.0 Å². The Morgan fingerprint density at radius 2 is 1.51 bits per heavy atom. The van der Waals surface area contributed by atoms with E-state index in [2.05, 4.69) is 16.0 Å². The second kappa shape index (κ2) is 15.0. The largest absolute Gasteiger partial charge is 0.481 e. The molecule has 11 nitrogen and oxygen atoms in total. The molecule has 1 aromatic carbocycles. The molecular formula is C23H34N4O7S. The van der Waals surface area contributed by atoms with Crippen molar-refractivity contribution >= 4 is 41.4 Å². The number of hydrogen-bond acceptors (Lipinski definition) is 7. The van der Waals surface area contributed by atoms with E-state index in [0.29, 0.717) is 5.75 Å². The van der Waals surface area contributed by atoms with Crippen LogP contribution >= 0.6 is 11.8 Å². The summed E-state index contributed by atoms with van der Waals surface area (Å²) < 4.78 is 0. The lowest BCUT2D eigenvalue weighted by Crippen LogP contribution is -2.58. The van der Waals surface area contributed by atoms with Crippen molar-refractivity contribution in [2.24, 2.45) is 11.7 Å². The van der Waals surface area contributed by atoms with E-state index in [1.165, 1.54) is 11.8 Å². The highest BCUT2D eigenvalue weighted by Crippen LogP contribution is 2.08.